The van der Waals surface area contributed by atoms with Crippen molar-refractivity contribution in [2.45, 2.75) is 19.4 Å². The zero-order valence-corrected chi connectivity index (χ0v) is 14.1. The van der Waals surface area contributed by atoms with E-state index < -0.39 is 0 Å². The number of guanidine groups is 1. The summed E-state index contributed by atoms with van der Waals surface area (Å²) in [5.74, 6) is 0.477. The van der Waals surface area contributed by atoms with E-state index in [0.29, 0.717) is 19.1 Å². The molecule has 0 heterocycles. The monoisotopic (exact) mass is 389 g/mol. The molecule has 1 aromatic rings. The Morgan fingerprint density at radius 3 is 2.75 bits per heavy atom. The normalized spacial score (nSPS) is 10.7. The Kier molecular flexibility index (Phi) is 12.2. The van der Waals surface area contributed by atoms with E-state index in [1.54, 1.807) is 6.08 Å². The van der Waals surface area contributed by atoms with Crippen molar-refractivity contribution in [1.29, 1.82) is 0 Å². The number of aliphatic imine (C=N–C) groups is 1. The average Bonchev–Trinajstić information content (AvgIpc) is 2.45. The number of benzene rings is 1. The summed E-state index contributed by atoms with van der Waals surface area (Å²) in [5, 5.41) is 2.93. The third-order valence-electron chi connectivity index (χ3n) is 2.52. The first-order chi connectivity index (χ1) is 9.33. The molecule has 0 aliphatic heterocycles. The Morgan fingerprint density at radius 2 is 2.05 bits per heavy atom. The summed E-state index contributed by atoms with van der Waals surface area (Å²) in [5.41, 5.74) is 6.84. The van der Waals surface area contributed by atoms with E-state index in [9.17, 15) is 0 Å². The minimum atomic E-state index is 0. The first-order valence-electron chi connectivity index (χ1n) is 6.59. The number of hydrogen-bond acceptors (Lipinski definition) is 2. The van der Waals surface area contributed by atoms with Crippen molar-refractivity contribution >= 4 is 29.9 Å². The highest BCUT2D eigenvalue weighted by Crippen LogP contribution is 2.01. The lowest BCUT2D eigenvalue weighted by molar-refractivity contribution is 0.117. The molecule has 112 valence electrons. The van der Waals surface area contributed by atoms with Crippen molar-refractivity contribution in [3.8, 4) is 0 Å². The molecule has 4 nitrogen and oxygen atoms in total. The molecular formula is C15H24IN3O. The molecule has 3 N–H and O–H groups in total. The molecule has 0 saturated heterocycles. The van der Waals surface area contributed by atoms with E-state index in [2.05, 4.69) is 29.0 Å². The van der Waals surface area contributed by atoms with Crippen LogP contribution in [0, 0.1) is 0 Å². The molecule has 0 amide bonds. The molecule has 0 spiro atoms. The van der Waals surface area contributed by atoms with E-state index in [-0.39, 0.29) is 24.0 Å². The van der Waals surface area contributed by atoms with Crippen molar-refractivity contribution in [2.75, 3.05) is 19.7 Å². The van der Waals surface area contributed by atoms with Crippen LogP contribution >= 0.6 is 24.0 Å². The van der Waals surface area contributed by atoms with E-state index >= 15 is 0 Å². The molecule has 1 rings (SSSR count). The van der Waals surface area contributed by atoms with Gasteiger partial charge in [0, 0.05) is 19.7 Å². The maximum absolute atomic E-state index is 5.64. The minimum Gasteiger partial charge on any atom is -0.377 e. The summed E-state index contributed by atoms with van der Waals surface area (Å²) in [4.78, 5) is 4.20. The van der Waals surface area contributed by atoms with Crippen molar-refractivity contribution in [3.63, 3.8) is 0 Å². The summed E-state index contributed by atoms with van der Waals surface area (Å²) >= 11 is 0. The predicted molar refractivity (Wildman–Crippen MR) is 95.4 cm³/mol. The molecule has 1 aromatic carbocycles. The van der Waals surface area contributed by atoms with E-state index in [1.807, 2.05) is 18.2 Å². The van der Waals surface area contributed by atoms with Gasteiger partial charge in [-0.2, -0.15) is 0 Å². The van der Waals surface area contributed by atoms with Crippen LogP contribution in [0.15, 0.2) is 48.0 Å². The third-order valence-corrected chi connectivity index (χ3v) is 2.52. The molecule has 0 aromatic heterocycles. The summed E-state index contributed by atoms with van der Waals surface area (Å²) in [6.07, 6.45) is 3.72. The van der Waals surface area contributed by atoms with Crippen molar-refractivity contribution in [1.82, 2.24) is 5.32 Å². The van der Waals surface area contributed by atoms with Crippen LogP contribution in [0.2, 0.25) is 0 Å². The molecule has 0 radical (unpaired) electrons. The largest absolute Gasteiger partial charge is 0.377 e. The van der Waals surface area contributed by atoms with Crippen LogP contribution in [0.4, 0.5) is 0 Å². The Bertz CT molecular complexity index is 382. The molecule has 0 aliphatic rings. The summed E-state index contributed by atoms with van der Waals surface area (Å²) in [6.45, 7) is 6.40. The Morgan fingerprint density at radius 1 is 1.30 bits per heavy atom. The zero-order valence-electron chi connectivity index (χ0n) is 11.8. The molecule has 0 atom stereocenters. The number of nitrogens with one attached hydrogen (secondary N) is 1. The van der Waals surface area contributed by atoms with E-state index in [1.165, 1.54) is 5.56 Å². The molecular weight excluding hydrogens is 365 g/mol. The van der Waals surface area contributed by atoms with Crippen LogP contribution in [0.1, 0.15) is 18.4 Å². The molecule has 5 heteroatoms. The van der Waals surface area contributed by atoms with Gasteiger partial charge in [0.05, 0.1) is 6.61 Å². The van der Waals surface area contributed by atoms with Gasteiger partial charge >= 0.3 is 0 Å². The first kappa shape index (κ1) is 18.9. The number of ether oxygens (including phenoxy) is 1. The van der Waals surface area contributed by atoms with Gasteiger partial charge in [-0.25, -0.2) is 0 Å². The molecule has 0 fully saturated rings. The molecule has 0 aliphatic carbocycles. The standard InChI is InChI=1S/C15H23N3O.HI/c1-2-10-17-15(16)18-11-6-7-12-19-13-14-8-4-3-5-9-14;/h2-5,8-9H,1,6-7,10-13H2,(H3,16,17,18);1H. The molecule has 0 bridgehead atoms. The van der Waals surface area contributed by atoms with Gasteiger partial charge in [-0.1, -0.05) is 36.4 Å². The maximum Gasteiger partial charge on any atom is 0.188 e. The quantitative estimate of drug-likeness (QED) is 0.225. The highest BCUT2D eigenvalue weighted by atomic mass is 127. The SMILES string of the molecule is C=CCNC(N)=NCCCCOCc1ccccc1.I. The fourth-order valence-corrected chi connectivity index (χ4v) is 1.51. The topological polar surface area (TPSA) is 59.6 Å². The zero-order chi connectivity index (χ0) is 13.8. The number of nitrogens with two attached hydrogens (primary N) is 1. The van der Waals surface area contributed by atoms with E-state index in [0.717, 1.165) is 26.0 Å². The lowest BCUT2D eigenvalue weighted by Crippen LogP contribution is -2.31. The Hall–Kier alpha value is -1.08. The fourth-order valence-electron chi connectivity index (χ4n) is 1.51. The van der Waals surface area contributed by atoms with Crippen LogP contribution in [-0.4, -0.2) is 25.7 Å². The van der Waals surface area contributed by atoms with Gasteiger partial charge in [-0.05, 0) is 18.4 Å². The second-order valence-electron chi connectivity index (χ2n) is 4.18. The van der Waals surface area contributed by atoms with Gasteiger partial charge in [-0.15, -0.1) is 30.6 Å². The van der Waals surface area contributed by atoms with E-state index in [4.69, 9.17) is 10.5 Å². The number of nitrogens with zero attached hydrogens (tertiary/aromatic N) is 1. The van der Waals surface area contributed by atoms with Gasteiger partial charge in [-0.3, -0.25) is 4.99 Å². The molecule has 0 saturated carbocycles. The smallest absolute Gasteiger partial charge is 0.188 e. The van der Waals surface area contributed by atoms with Crippen LogP contribution < -0.4 is 11.1 Å². The predicted octanol–water partition coefficient (Wildman–Crippen LogP) is 2.69. The van der Waals surface area contributed by atoms with Crippen molar-refractivity contribution in [3.05, 3.63) is 48.6 Å². The van der Waals surface area contributed by atoms with Crippen molar-refractivity contribution in [2.24, 2.45) is 10.7 Å². The van der Waals surface area contributed by atoms with Crippen LogP contribution in [0.3, 0.4) is 0 Å². The lowest BCUT2D eigenvalue weighted by Gasteiger charge is -2.04. The molecule has 20 heavy (non-hydrogen) atoms. The Balaban J connectivity index is 0.00000361. The second-order valence-corrected chi connectivity index (χ2v) is 4.18. The van der Waals surface area contributed by atoms with Gasteiger partial charge in [0.25, 0.3) is 0 Å². The van der Waals surface area contributed by atoms with Gasteiger partial charge in [0.1, 0.15) is 0 Å². The maximum atomic E-state index is 5.64. The summed E-state index contributed by atoms with van der Waals surface area (Å²) in [6, 6.07) is 10.2. The van der Waals surface area contributed by atoms with Crippen LogP contribution in [-0.2, 0) is 11.3 Å². The first-order valence-corrected chi connectivity index (χ1v) is 6.59. The van der Waals surface area contributed by atoms with Gasteiger partial charge in [0.15, 0.2) is 5.96 Å². The number of hydrogen-bond donors (Lipinski definition) is 2. The van der Waals surface area contributed by atoms with Crippen LogP contribution in [0.5, 0.6) is 0 Å². The lowest BCUT2D eigenvalue weighted by atomic mass is 10.2. The highest BCUT2D eigenvalue weighted by Gasteiger charge is 1.93. The van der Waals surface area contributed by atoms with Gasteiger partial charge in [0.2, 0.25) is 0 Å². The fraction of sp³-hybridized carbons (Fsp3) is 0.400. The number of halogens is 1. The van der Waals surface area contributed by atoms with Gasteiger partial charge < -0.3 is 15.8 Å². The summed E-state index contributed by atoms with van der Waals surface area (Å²) < 4.78 is 5.58. The number of unbranched alkanes of at least 4 members (excludes halogenated alkanes) is 1. The second kappa shape index (κ2) is 12.9. The molecule has 0 unspecified atom stereocenters. The summed E-state index contributed by atoms with van der Waals surface area (Å²) in [7, 11) is 0. The number of rotatable bonds is 9. The minimum absolute atomic E-state index is 0. The Labute approximate surface area is 138 Å². The average molecular weight is 389 g/mol. The third kappa shape index (κ3) is 9.80. The highest BCUT2D eigenvalue weighted by molar-refractivity contribution is 14.0. The van der Waals surface area contributed by atoms with Crippen LogP contribution in [0.25, 0.3) is 0 Å². The van der Waals surface area contributed by atoms with Crippen molar-refractivity contribution < 1.29 is 4.74 Å².